The lowest BCUT2D eigenvalue weighted by Crippen LogP contribution is -2.52. The number of furan rings is 1. The van der Waals surface area contributed by atoms with E-state index in [-0.39, 0.29) is 11.5 Å². The quantitative estimate of drug-likeness (QED) is 0.887. The molecule has 4 fully saturated rings. The highest BCUT2D eigenvalue weighted by Gasteiger charge is 2.54. The van der Waals surface area contributed by atoms with Gasteiger partial charge in [-0.05, 0) is 79.2 Å². The molecule has 0 aromatic carbocycles. The Morgan fingerprint density at radius 1 is 1.10 bits per heavy atom. The van der Waals surface area contributed by atoms with Crippen LogP contribution in [-0.2, 0) is 0 Å². The Bertz CT molecular complexity index is 448. The number of nitrogens with two attached hydrogens (primary N) is 1. The SMILES string of the molecule is CC(C)(C(N)c1ccco1)C1C2CC3CC(C2)CC1C3. The Labute approximate surface area is 122 Å². The fraction of sp³-hybridized carbons (Fsp3) is 0.778. The molecule has 1 aromatic rings. The zero-order valence-corrected chi connectivity index (χ0v) is 12.7. The lowest BCUT2D eigenvalue weighted by molar-refractivity contribution is -0.0954. The standard InChI is InChI=1S/C18H27NO/c1-18(2,17(19)15-4-3-5-20-15)16-13-7-11-6-12(9-13)10-14(16)8-11/h3-5,11-14,16-17H,6-10,19H2,1-2H3. The second-order valence-electron chi connectivity index (χ2n) is 8.27. The van der Waals surface area contributed by atoms with Crippen molar-refractivity contribution < 1.29 is 4.42 Å². The van der Waals surface area contributed by atoms with E-state index in [1.54, 1.807) is 6.26 Å². The molecule has 2 heteroatoms. The maximum absolute atomic E-state index is 6.60. The Balaban J connectivity index is 1.62. The van der Waals surface area contributed by atoms with Crippen LogP contribution in [-0.4, -0.2) is 0 Å². The number of rotatable bonds is 3. The fourth-order valence-corrected chi connectivity index (χ4v) is 6.18. The lowest BCUT2D eigenvalue weighted by atomic mass is 9.46. The molecular weight excluding hydrogens is 246 g/mol. The molecule has 5 rings (SSSR count). The summed E-state index contributed by atoms with van der Waals surface area (Å²) >= 11 is 0. The first-order valence-corrected chi connectivity index (χ1v) is 8.34. The minimum absolute atomic E-state index is 0.0278. The first kappa shape index (κ1) is 12.9. The summed E-state index contributed by atoms with van der Waals surface area (Å²) in [7, 11) is 0. The van der Waals surface area contributed by atoms with Crippen molar-refractivity contribution in [2.45, 2.75) is 52.0 Å². The summed E-state index contributed by atoms with van der Waals surface area (Å²) in [6.07, 6.45) is 9.13. The highest BCUT2D eigenvalue weighted by atomic mass is 16.3. The van der Waals surface area contributed by atoms with Crippen molar-refractivity contribution in [3.8, 4) is 0 Å². The lowest BCUT2D eigenvalue weighted by Gasteiger charge is -2.59. The smallest absolute Gasteiger partial charge is 0.121 e. The van der Waals surface area contributed by atoms with E-state index >= 15 is 0 Å². The van der Waals surface area contributed by atoms with Crippen molar-refractivity contribution in [2.24, 2.45) is 40.7 Å². The van der Waals surface area contributed by atoms with E-state index < -0.39 is 0 Å². The molecule has 4 aliphatic rings. The minimum Gasteiger partial charge on any atom is -0.468 e. The van der Waals surface area contributed by atoms with Crippen LogP contribution in [0.25, 0.3) is 0 Å². The van der Waals surface area contributed by atoms with Crippen molar-refractivity contribution in [1.29, 1.82) is 0 Å². The number of hydrogen-bond acceptors (Lipinski definition) is 2. The van der Waals surface area contributed by atoms with Crippen LogP contribution >= 0.6 is 0 Å². The Morgan fingerprint density at radius 3 is 2.20 bits per heavy atom. The molecule has 4 bridgehead atoms. The second kappa shape index (κ2) is 4.37. The van der Waals surface area contributed by atoms with Gasteiger partial charge in [-0.25, -0.2) is 0 Å². The van der Waals surface area contributed by atoms with Gasteiger partial charge in [-0.1, -0.05) is 13.8 Å². The van der Waals surface area contributed by atoms with Gasteiger partial charge in [0.2, 0.25) is 0 Å². The van der Waals surface area contributed by atoms with Crippen molar-refractivity contribution in [2.75, 3.05) is 0 Å². The topological polar surface area (TPSA) is 39.2 Å². The summed E-state index contributed by atoms with van der Waals surface area (Å²) in [4.78, 5) is 0. The van der Waals surface area contributed by atoms with Crippen LogP contribution < -0.4 is 5.73 Å². The highest BCUT2D eigenvalue weighted by molar-refractivity contribution is 5.12. The molecule has 20 heavy (non-hydrogen) atoms. The molecule has 110 valence electrons. The summed E-state index contributed by atoms with van der Waals surface area (Å²) in [5.74, 6) is 5.65. The molecule has 1 unspecified atom stereocenters. The molecule has 0 amide bonds. The molecule has 2 nitrogen and oxygen atoms in total. The average Bonchev–Trinajstić information content (AvgIpc) is 2.89. The van der Waals surface area contributed by atoms with Gasteiger partial charge >= 0.3 is 0 Å². The van der Waals surface area contributed by atoms with E-state index in [2.05, 4.69) is 13.8 Å². The summed E-state index contributed by atoms with van der Waals surface area (Å²) in [5, 5.41) is 0. The van der Waals surface area contributed by atoms with Gasteiger partial charge in [0.1, 0.15) is 5.76 Å². The monoisotopic (exact) mass is 273 g/mol. The van der Waals surface area contributed by atoms with Gasteiger partial charge in [-0.3, -0.25) is 0 Å². The van der Waals surface area contributed by atoms with Crippen molar-refractivity contribution in [3.63, 3.8) is 0 Å². The zero-order chi connectivity index (χ0) is 13.9. The third-order valence-corrected chi connectivity index (χ3v) is 6.74. The summed E-state index contributed by atoms with van der Waals surface area (Å²) in [6.45, 7) is 4.76. The summed E-state index contributed by atoms with van der Waals surface area (Å²) in [6, 6.07) is 4.03. The van der Waals surface area contributed by atoms with E-state index in [4.69, 9.17) is 10.2 Å². The Kier molecular flexibility index (Phi) is 2.82. The molecule has 1 aromatic heterocycles. The van der Waals surface area contributed by atoms with Crippen LogP contribution in [0.3, 0.4) is 0 Å². The minimum atomic E-state index is 0.0278. The van der Waals surface area contributed by atoms with E-state index in [9.17, 15) is 0 Å². The summed E-state index contributed by atoms with van der Waals surface area (Å²) < 4.78 is 5.60. The normalized spacial score (nSPS) is 41.0. The van der Waals surface area contributed by atoms with E-state index in [1.807, 2.05) is 12.1 Å². The molecular formula is C18H27NO. The molecule has 1 atom stereocenters. The first-order valence-electron chi connectivity index (χ1n) is 8.34. The van der Waals surface area contributed by atoms with Crippen LogP contribution in [0.5, 0.6) is 0 Å². The molecule has 4 saturated carbocycles. The zero-order valence-electron chi connectivity index (χ0n) is 12.7. The molecule has 0 spiro atoms. The molecule has 0 radical (unpaired) electrons. The predicted octanol–water partition coefficient (Wildman–Crippen LogP) is 4.38. The maximum atomic E-state index is 6.60. The van der Waals surface area contributed by atoms with Crippen LogP contribution in [0.1, 0.15) is 57.8 Å². The van der Waals surface area contributed by atoms with Crippen molar-refractivity contribution in [1.82, 2.24) is 0 Å². The third kappa shape index (κ3) is 1.80. The second-order valence-corrected chi connectivity index (χ2v) is 8.27. The van der Waals surface area contributed by atoms with Gasteiger partial charge in [-0.15, -0.1) is 0 Å². The van der Waals surface area contributed by atoms with Crippen LogP contribution in [0.15, 0.2) is 22.8 Å². The fourth-order valence-electron chi connectivity index (χ4n) is 6.18. The van der Waals surface area contributed by atoms with Gasteiger partial charge in [0.15, 0.2) is 0 Å². The highest BCUT2D eigenvalue weighted by Crippen LogP contribution is 2.62. The molecule has 4 aliphatic carbocycles. The van der Waals surface area contributed by atoms with Gasteiger partial charge in [0, 0.05) is 0 Å². The number of hydrogen-bond donors (Lipinski definition) is 1. The van der Waals surface area contributed by atoms with E-state index in [0.29, 0.717) is 0 Å². The first-order chi connectivity index (χ1) is 9.55. The van der Waals surface area contributed by atoms with Crippen LogP contribution in [0.2, 0.25) is 0 Å². The summed E-state index contributed by atoms with van der Waals surface area (Å²) in [5.41, 5.74) is 6.74. The van der Waals surface area contributed by atoms with Crippen LogP contribution in [0.4, 0.5) is 0 Å². The van der Waals surface area contributed by atoms with E-state index in [1.165, 1.54) is 32.1 Å². The Hall–Kier alpha value is -0.760. The van der Waals surface area contributed by atoms with Gasteiger partial charge in [-0.2, -0.15) is 0 Å². The van der Waals surface area contributed by atoms with Gasteiger partial charge in [0.05, 0.1) is 12.3 Å². The molecule has 0 aliphatic heterocycles. The average molecular weight is 273 g/mol. The molecule has 1 heterocycles. The maximum Gasteiger partial charge on any atom is 0.121 e. The van der Waals surface area contributed by atoms with Gasteiger partial charge in [0.25, 0.3) is 0 Å². The molecule has 0 saturated heterocycles. The van der Waals surface area contributed by atoms with Gasteiger partial charge < -0.3 is 10.2 Å². The largest absolute Gasteiger partial charge is 0.468 e. The van der Waals surface area contributed by atoms with Crippen LogP contribution in [0, 0.1) is 35.0 Å². The predicted molar refractivity (Wildman–Crippen MR) is 80.0 cm³/mol. The third-order valence-electron chi connectivity index (χ3n) is 6.74. The Morgan fingerprint density at radius 2 is 1.70 bits per heavy atom. The van der Waals surface area contributed by atoms with Crippen molar-refractivity contribution >= 4 is 0 Å². The molecule has 2 N–H and O–H groups in total. The van der Waals surface area contributed by atoms with Crippen molar-refractivity contribution in [3.05, 3.63) is 24.2 Å². The van der Waals surface area contributed by atoms with E-state index in [0.717, 1.165) is 35.3 Å².